The number of halogens is 2. The van der Waals surface area contributed by atoms with Crippen molar-refractivity contribution in [2.24, 2.45) is 0 Å². The Kier molecular flexibility index (Phi) is 3.31. The third-order valence-electron chi connectivity index (χ3n) is 2.87. The predicted molar refractivity (Wildman–Crippen MR) is 69.5 cm³/mol. The van der Waals surface area contributed by atoms with Gasteiger partial charge in [-0.05, 0) is 29.8 Å². The molecule has 0 atom stereocenters. The summed E-state index contributed by atoms with van der Waals surface area (Å²) in [7, 11) is 0. The number of pyridine rings is 1. The van der Waals surface area contributed by atoms with Gasteiger partial charge in [-0.25, -0.2) is 13.6 Å². The highest BCUT2D eigenvalue weighted by Gasteiger charge is 2.14. The molecule has 106 valence electrons. The van der Waals surface area contributed by atoms with Crippen LogP contribution in [0.4, 0.5) is 8.78 Å². The van der Waals surface area contributed by atoms with Crippen LogP contribution in [0.3, 0.4) is 0 Å². The van der Waals surface area contributed by atoms with E-state index >= 15 is 0 Å². The molecule has 2 heterocycles. The van der Waals surface area contributed by atoms with Gasteiger partial charge < -0.3 is 0 Å². The van der Waals surface area contributed by atoms with Crippen molar-refractivity contribution < 1.29 is 13.3 Å². The second-order valence-corrected chi connectivity index (χ2v) is 4.38. The predicted octanol–water partition coefficient (Wildman–Crippen LogP) is 2.22. The van der Waals surface area contributed by atoms with Crippen LogP contribution in [-0.4, -0.2) is 14.7 Å². The van der Waals surface area contributed by atoms with Gasteiger partial charge in [0.15, 0.2) is 5.82 Å². The van der Waals surface area contributed by atoms with E-state index in [2.05, 4.69) is 14.7 Å². The fraction of sp³-hybridized carbons (Fsp3) is 0.0714. The maximum Gasteiger partial charge on any atom is 0.442 e. The lowest BCUT2D eigenvalue weighted by atomic mass is 10.2. The zero-order chi connectivity index (χ0) is 14.8. The van der Waals surface area contributed by atoms with Crippen LogP contribution in [0.1, 0.15) is 5.56 Å². The van der Waals surface area contributed by atoms with E-state index in [1.165, 1.54) is 10.8 Å². The van der Waals surface area contributed by atoms with Gasteiger partial charge in [-0.15, -0.1) is 0 Å². The minimum Gasteiger partial charge on any atom is -0.295 e. The van der Waals surface area contributed by atoms with E-state index < -0.39 is 17.4 Å². The van der Waals surface area contributed by atoms with E-state index in [0.717, 1.165) is 18.2 Å². The number of aromatic nitrogens is 3. The Morgan fingerprint density at radius 3 is 2.62 bits per heavy atom. The zero-order valence-corrected chi connectivity index (χ0v) is 10.7. The lowest BCUT2D eigenvalue weighted by Crippen LogP contribution is -2.16. The van der Waals surface area contributed by atoms with Crippen LogP contribution in [0.2, 0.25) is 0 Å². The van der Waals surface area contributed by atoms with E-state index in [1.807, 2.05) is 0 Å². The van der Waals surface area contributed by atoms with Gasteiger partial charge in [0.25, 0.3) is 0 Å². The number of hydrogen-bond acceptors (Lipinski definition) is 4. The van der Waals surface area contributed by atoms with E-state index in [1.54, 1.807) is 18.3 Å². The Hall–Kier alpha value is -2.83. The van der Waals surface area contributed by atoms with E-state index in [-0.39, 0.29) is 12.4 Å². The molecule has 3 rings (SSSR count). The second kappa shape index (κ2) is 5.28. The number of rotatable bonds is 3. The van der Waals surface area contributed by atoms with Crippen molar-refractivity contribution in [3.63, 3.8) is 0 Å². The Morgan fingerprint density at radius 1 is 1.19 bits per heavy atom. The standard InChI is InChI=1S/C14H9F2N3O2/c15-11-4-9(5-12(16)6-11)8-19-13(18-21-14(19)20)10-2-1-3-17-7-10/h1-7H,8H2. The number of hydrogen-bond donors (Lipinski definition) is 0. The Bertz CT molecular complexity index is 807. The highest BCUT2D eigenvalue weighted by atomic mass is 19.1. The summed E-state index contributed by atoms with van der Waals surface area (Å²) in [6.07, 6.45) is 3.09. The van der Waals surface area contributed by atoms with Crippen molar-refractivity contribution in [2.45, 2.75) is 6.54 Å². The molecule has 3 aromatic rings. The highest BCUT2D eigenvalue weighted by Crippen LogP contribution is 2.16. The molecule has 0 bridgehead atoms. The summed E-state index contributed by atoms with van der Waals surface area (Å²) in [6.45, 7) is -0.0543. The van der Waals surface area contributed by atoms with Crippen molar-refractivity contribution in [2.75, 3.05) is 0 Å². The van der Waals surface area contributed by atoms with Crippen molar-refractivity contribution in [3.8, 4) is 11.4 Å². The molecule has 0 aliphatic heterocycles. The lowest BCUT2D eigenvalue weighted by Gasteiger charge is -2.05. The molecule has 2 aromatic heterocycles. The van der Waals surface area contributed by atoms with Gasteiger partial charge in [0.1, 0.15) is 11.6 Å². The highest BCUT2D eigenvalue weighted by molar-refractivity contribution is 5.52. The Labute approximate surface area is 117 Å². The Morgan fingerprint density at radius 2 is 1.95 bits per heavy atom. The minimum absolute atomic E-state index is 0.0543. The average Bonchev–Trinajstić information content (AvgIpc) is 2.80. The number of benzene rings is 1. The van der Waals surface area contributed by atoms with Gasteiger partial charge in [-0.2, -0.15) is 0 Å². The van der Waals surface area contributed by atoms with Gasteiger partial charge in [-0.3, -0.25) is 14.1 Å². The van der Waals surface area contributed by atoms with Crippen molar-refractivity contribution in [1.29, 1.82) is 0 Å². The summed E-state index contributed by atoms with van der Waals surface area (Å²) < 4.78 is 32.2. The maximum atomic E-state index is 13.2. The summed E-state index contributed by atoms with van der Waals surface area (Å²) in [5, 5.41) is 3.67. The summed E-state index contributed by atoms with van der Waals surface area (Å²) in [4.78, 5) is 15.6. The first kappa shape index (κ1) is 13.2. The summed E-state index contributed by atoms with van der Waals surface area (Å²) >= 11 is 0. The molecule has 5 nitrogen and oxygen atoms in total. The molecule has 0 aliphatic carbocycles. The molecule has 0 amide bonds. The average molecular weight is 289 g/mol. The van der Waals surface area contributed by atoms with Gasteiger partial charge in [-0.1, -0.05) is 5.16 Å². The first-order chi connectivity index (χ1) is 10.1. The molecule has 0 unspecified atom stereocenters. The van der Waals surface area contributed by atoms with Crippen LogP contribution in [0.25, 0.3) is 11.4 Å². The largest absolute Gasteiger partial charge is 0.442 e. The van der Waals surface area contributed by atoms with Crippen LogP contribution in [0, 0.1) is 11.6 Å². The molecule has 0 N–H and O–H groups in total. The van der Waals surface area contributed by atoms with Gasteiger partial charge in [0.05, 0.1) is 6.54 Å². The number of nitrogens with zero attached hydrogens (tertiary/aromatic N) is 3. The van der Waals surface area contributed by atoms with Crippen molar-refractivity contribution in [3.05, 3.63) is 70.5 Å². The van der Waals surface area contributed by atoms with E-state index in [0.29, 0.717) is 11.1 Å². The van der Waals surface area contributed by atoms with Crippen LogP contribution in [-0.2, 0) is 6.54 Å². The van der Waals surface area contributed by atoms with Crippen LogP contribution < -0.4 is 5.76 Å². The van der Waals surface area contributed by atoms with Gasteiger partial charge >= 0.3 is 5.76 Å². The maximum absolute atomic E-state index is 13.2. The molecule has 0 aliphatic rings. The first-order valence-electron chi connectivity index (χ1n) is 6.05. The molecule has 0 spiro atoms. The molecule has 0 fully saturated rings. The molecular weight excluding hydrogens is 280 g/mol. The van der Waals surface area contributed by atoms with Crippen LogP contribution in [0.5, 0.6) is 0 Å². The molecule has 21 heavy (non-hydrogen) atoms. The SMILES string of the molecule is O=c1onc(-c2cccnc2)n1Cc1cc(F)cc(F)c1. The van der Waals surface area contributed by atoms with Crippen LogP contribution >= 0.6 is 0 Å². The lowest BCUT2D eigenvalue weighted by molar-refractivity contribution is 0.378. The van der Waals surface area contributed by atoms with Crippen molar-refractivity contribution >= 4 is 0 Å². The van der Waals surface area contributed by atoms with E-state index in [4.69, 9.17) is 0 Å². The molecule has 7 heteroatoms. The fourth-order valence-electron chi connectivity index (χ4n) is 2.00. The third-order valence-corrected chi connectivity index (χ3v) is 2.87. The second-order valence-electron chi connectivity index (χ2n) is 4.38. The quantitative estimate of drug-likeness (QED) is 0.741. The van der Waals surface area contributed by atoms with Crippen molar-refractivity contribution in [1.82, 2.24) is 14.7 Å². The van der Waals surface area contributed by atoms with E-state index in [9.17, 15) is 13.6 Å². The summed E-state index contributed by atoms with van der Waals surface area (Å²) in [6, 6.07) is 6.45. The minimum atomic E-state index is -0.711. The third kappa shape index (κ3) is 2.71. The summed E-state index contributed by atoms with van der Waals surface area (Å²) in [5.41, 5.74) is 0.864. The smallest absolute Gasteiger partial charge is 0.295 e. The topological polar surface area (TPSA) is 60.9 Å². The monoisotopic (exact) mass is 289 g/mol. The molecule has 1 aromatic carbocycles. The molecule has 0 saturated heterocycles. The Balaban J connectivity index is 2.03. The fourth-order valence-corrected chi connectivity index (χ4v) is 2.00. The molecule has 0 saturated carbocycles. The van der Waals surface area contributed by atoms with Gasteiger partial charge in [0, 0.05) is 24.0 Å². The molecular formula is C14H9F2N3O2. The first-order valence-corrected chi connectivity index (χ1v) is 6.05. The zero-order valence-electron chi connectivity index (χ0n) is 10.7. The van der Waals surface area contributed by atoms with Crippen LogP contribution in [0.15, 0.2) is 52.0 Å². The van der Waals surface area contributed by atoms with Gasteiger partial charge in [0.2, 0.25) is 0 Å². The summed E-state index contributed by atoms with van der Waals surface area (Å²) in [5.74, 6) is -1.88. The molecule has 0 radical (unpaired) electrons. The normalized spacial score (nSPS) is 10.8.